The summed E-state index contributed by atoms with van der Waals surface area (Å²) in [6.45, 7) is 3.90. The fraction of sp³-hybridized carbons (Fsp3) is 0.649. The van der Waals surface area contributed by atoms with Gasteiger partial charge in [0.2, 0.25) is 0 Å². The first-order chi connectivity index (χ1) is 30.6. The van der Waals surface area contributed by atoms with Crippen molar-refractivity contribution >= 4 is 11.9 Å². The number of ether oxygens (including phenoxy) is 2. The molecule has 5 heteroatoms. The molecule has 1 atom stereocenters. The van der Waals surface area contributed by atoms with Crippen LogP contribution in [0.25, 0.3) is 0 Å². The predicted octanol–water partition coefficient (Wildman–Crippen LogP) is 17.0. The smallest absolute Gasteiger partial charge is 0.306 e. The van der Waals surface area contributed by atoms with Gasteiger partial charge < -0.3 is 14.6 Å². The summed E-state index contributed by atoms with van der Waals surface area (Å²) < 4.78 is 10.7. The van der Waals surface area contributed by atoms with E-state index in [1.54, 1.807) is 0 Å². The number of unbranched alkanes of at least 4 members (excludes halogenated alkanes) is 19. The summed E-state index contributed by atoms with van der Waals surface area (Å²) >= 11 is 0. The van der Waals surface area contributed by atoms with Gasteiger partial charge in [-0.15, -0.1) is 0 Å². The van der Waals surface area contributed by atoms with Gasteiger partial charge in [0.15, 0.2) is 6.10 Å². The third-order valence-corrected chi connectivity index (χ3v) is 10.6. The zero-order valence-corrected chi connectivity index (χ0v) is 40.1. The number of carbonyl (C=O) groups is 2. The molecule has 0 bridgehead atoms. The second-order valence-electron chi connectivity index (χ2n) is 16.5. The van der Waals surface area contributed by atoms with E-state index in [0.717, 1.165) is 103 Å². The van der Waals surface area contributed by atoms with Crippen LogP contribution in [0.2, 0.25) is 0 Å². The Morgan fingerprint density at radius 2 is 0.645 bits per heavy atom. The molecule has 5 nitrogen and oxygen atoms in total. The topological polar surface area (TPSA) is 72.8 Å². The van der Waals surface area contributed by atoms with Crippen molar-refractivity contribution in [2.45, 2.75) is 225 Å². The molecular weight excluding hydrogens is 765 g/mol. The van der Waals surface area contributed by atoms with Crippen molar-refractivity contribution < 1.29 is 24.2 Å². The van der Waals surface area contributed by atoms with E-state index in [2.05, 4.69) is 123 Å². The van der Waals surface area contributed by atoms with Crippen LogP contribution in [-0.4, -0.2) is 36.4 Å². The fourth-order valence-corrected chi connectivity index (χ4v) is 6.81. The first-order valence-electron chi connectivity index (χ1n) is 25.4. The third kappa shape index (κ3) is 49.2. The predicted molar refractivity (Wildman–Crippen MR) is 269 cm³/mol. The van der Waals surface area contributed by atoms with E-state index >= 15 is 0 Å². The summed E-state index contributed by atoms with van der Waals surface area (Å²) in [6, 6.07) is 0. The summed E-state index contributed by atoms with van der Waals surface area (Å²) in [5.41, 5.74) is 0. The van der Waals surface area contributed by atoms with Gasteiger partial charge in [-0.2, -0.15) is 0 Å². The van der Waals surface area contributed by atoms with E-state index in [-0.39, 0.29) is 25.2 Å². The Morgan fingerprint density at radius 3 is 0.968 bits per heavy atom. The van der Waals surface area contributed by atoms with Crippen molar-refractivity contribution in [3.63, 3.8) is 0 Å². The molecule has 0 aromatic rings. The zero-order valence-electron chi connectivity index (χ0n) is 40.1. The molecule has 0 amide bonds. The molecule has 62 heavy (non-hydrogen) atoms. The van der Waals surface area contributed by atoms with E-state index in [4.69, 9.17) is 9.47 Å². The van der Waals surface area contributed by atoms with Crippen LogP contribution in [0, 0.1) is 0 Å². The number of esters is 2. The lowest BCUT2D eigenvalue weighted by Gasteiger charge is -2.15. The van der Waals surface area contributed by atoms with Gasteiger partial charge in [-0.3, -0.25) is 9.59 Å². The Bertz CT molecular complexity index is 1250. The molecule has 0 heterocycles. The molecule has 352 valence electrons. The number of allylic oxidation sites excluding steroid dienone is 18. The SMILES string of the molecule is CC/C=C\C/C=C\C/C=C\C/C=C\C/C=C\CCCCCCCCCCCCCCCC(=O)OC(CO)COC(=O)CCCCCCCC/C=C\C/C=C\C/C=C\C/C=C\CC. The molecule has 0 aromatic carbocycles. The number of hydrogen-bond donors (Lipinski definition) is 1. The maximum atomic E-state index is 12.3. The molecule has 0 fully saturated rings. The van der Waals surface area contributed by atoms with Crippen LogP contribution in [0.4, 0.5) is 0 Å². The van der Waals surface area contributed by atoms with Crippen LogP contribution in [0.3, 0.4) is 0 Å². The van der Waals surface area contributed by atoms with Gasteiger partial charge in [-0.05, 0) is 96.3 Å². The Labute approximate surface area is 382 Å². The summed E-state index contributed by atoms with van der Waals surface area (Å²) in [5, 5.41) is 9.63. The van der Waals surface area contributed by atoms with Crippen molar-refractivity contribution in [2.24, 2.45) is 0 Å². The van der Waals surface area contributed by atoms with E-state index in [1.807, 2.05) is 0 Å². The quantitative estimate of drug-likeness (QED) is 0.0375. The third-order valence-electron chi connectivity index (χ3n) is 10.6. The number of hydrogen-bond acceptors (Lipinski definition) is 5. The fourth-order valence-electron chi connectivity index (χ4n) is 6.81. The summed E-state index contributed by atoms with van der Waals surface area (Å²) in [5.74, 6) is -0.612. The van der Waals surface area contributed by atoms with E-state index < -0.39 is 6.10 Å². The highest BCUT2D eigenvalue weighted by Gasteiger charge is 2.16. The Kier molecular flexibility index (Phi) is 49.0. The molecule has 0 aliphatic heterocycles. The molecule has 0 saturated heterocycles. The van der Waals surface area contributed by atoms with E-state index in [9.17, 15) is 14.7 Å². The molecule has 0 rings (SSSR count). The molecule has 0 spiro atoms. The van der Waals surface area contributed by atoms with E-state index in [0.29, 0.717) is 12.8 Å². The van der Waals surface area contributed by atoms with Crippen molar-refractivity contribution in [2.75, 3.05) is 13.2 Å². The molecule has 0 aromatic heterocycles. The van der Waals surface area contributed by atoms with Crippen molar-refractivity contribution in [1.29, 1.82) is 0 Å². The minimum Gasteiger partial charge on any atom is -0.462 e. The van der Waals surface area contributed by atoms with Crippen LogP contribution in [0.15, 0.2) is 109 Å². The highest BCUT2D eigenvalue weighted by Crippen LogP contribution is 2.15. The molecule has 0 aliphatic rings. The van der Waals surface area contributed by atoms with Crippen molar-refractivity contribution in [3.8, 4) is 0 Å². The normalized spacial score (nSPS) is 13.1. The molecule has 0 saturated carbocycles. The molecule has 1 N–H and O–H groups in total. The average Bonchev–Trinajstić information content (AvgIpc) is 3.28. The van der Waals surface area contributed by atoms with Gasteiger partial charge in [0.25, 0.3) is 0 Å². The minimum absolute atomic E-state index is 0.0792. The molecule has 1 unspecified atom stereocenters. The molecular formula is C57H94O5. The van der Waals surface area contributed by atoms with Crippen LogP contribution in [0.5, 0.6) is 0 Å². The highest BCUT2D eigenvalue weighted by atomic mass is 16.6. The average molecular weight is 859 g/mol. The second-order valence-corrected chi connectivity index (χ2v) is 16.5. The maximum Gasteiger partial charge on any atom is 0.306 e. The van der Waals surface area contributed by atoms with Gasteiger partial charge in [0.1, 0.15) is 6.61 Å². The number of carbonyl (C=O) groups excluding carboxylic acids is 2. The second kappa shape index (κ2) is 51.9. The monoisotopic (exact) mass is 859 g/mol. The van der Waals surface area contributed by atoms with Gasteiger partial charge in [0.05, 0.1) is 6.61 Å². The summed E-state index contributed by atoms with van der Waals surface area (Å²) in [4.78, 5) is 24.5. The van der Waals surface area contributed by atoms with Gasteiger partial charge in [-0.1, -0.05) is 220 Å². The van der Waals surface area contributed by atoms with Gasteiger partial charge in [-0.25, -0.2) is 0 Å². The lowest BCUT2D eigenvalue weighted by Crippen LogP contribution is -2.28. The number of rotatable bonds is 45. The van der Waals surface area contributed by atoms with Gasteiger partial charge >= 0.3 is 11.9 Å². The Morgan fingerprint density at radius 1 is 0.371 bits per heavy atom. The maximum absolute atomic E-state index is 12.3. The van der Waals surface area contributed by atoms with Crippen LogP contribution >= 0.6 is 0 Å². The summed E-state index contributed by atoms with van der Waals surface area (Å²) in [6.07, 6.45) is 74.6. The number of aliphatic hydroxyl groups excluding tert-OH is 1. The molecule has 0 aliphatic carbocycles. The first kappa shape index (κ1) is 58.6. The highest BCUT2D eigenvalue weighted by molar-refractivity contribution is 5.70. The van der Waals surface area contributed by atoms with Gasteiger partial charge in [0, 0.05) is 12.8 Å². The lowest BCUT2D eigenvalue weighted by molar-refractivity contribution is -0.161. The van der Waals surface area contributed by atoms with E-state index in [1.165, 1.54) is 89.9 Å². The lowest BCUT2D eigenvalue weighted by atomic mass is 10.0. The van der Waals surface area contributed by atoms with Crippen LogP contribution in [-0.2, 0) is 19.1 Å². The Hall–Kier alpha value is -3.44. The molecule has 0 radical (unpaired) electrons. The Balaban J connectivity index is 3.55. The van der Waals surface area contributed by atoms with Crippen LogP contribution < -0.4 is 0 Å². The van der Waals surface area contributed by atoms with Crippen molar-refractivity contribution in [1.82, 2.24) is 0 Å². The largest absolute Gasteiger partial charge is 0.462 e. The standard InChI is InChI=1S/C57H94O5/c1-3-5-7-9-11-13-15-17-19-21-23-24-25-26-27-28-29-30-31-32-34-36-38-40-42-44-46-48-50-52-57(60)62-55(53-58)54-61-56(59)51-49-47-45-43-41-39-37-35-33-22-20-18-16-14-12-10-8-6-4-2/h5-8,11-14,17-20,23-24,26-27,33,35,55,58H,3-4,9-10,15-16,21-22,25,28-32,34,36-54H2,1-2H3/b7-5-,8-6-,13-11-,14-12-,19-17-,20-18-,24-23-,27-26-,35-33-. The first-order valence-corrected chi connectivity index (χ1v) is 25.4. The summed E-state index contributed by atoms with van der Waals surface area (Å²) in [7, 11) is 0. The number of aliphatic hydroxyl groups is 1. The van der Waals surface area contributed by atoms with Crippen molar-refractivity contribution in [3.05, 3.63) is 109 Å². The van der Waals surface area contributed by atoms with Crippen LogP contribution in [0.1, 0.15) is 219 Å². The zero-order chi connectivity index (χ0) is 44.9. The minimum atomic E-state index is -0.786.